The number of nitrogens with zero attached hydrogens (tertiary/aromatic N) is 6. The second-order valence-electron chi connectivity index (χ2n) is 6.68. The number of hydrogen-bond donors (Lipinski definition) is 1. The Hall–Kier alpha value is -2.98. The number of nitriles is 1. The minimum atomic E-state index is 0.642. The highest BCUT2D eigenvalue weighted by molar-refractivity contribution is 5.74. The molecule has 0 atom stereocenters. The third kappa shape index (κ3) is 3.00. The predicted octanol–water partition coefficient (Wildman–Crippen LogP) is 2.16. The van der Waals surface area contributed by atoms with Crippen molar-refractivity contribution in [1.29, 1.82) is 5.26 Å². The van der Waals surface area contributed by atoms with Gasteiger partial charge in [0.25, 0.3) is 0 Å². The fourth-order valence-electron chi connectivity index (χ4n) is 3.36. The van der Waals surface area contributed by atoms with Crippen molar-refractivity contribution in [2.24, 2.45) is 0 Å². The summed E-state index contributed by atoms with van der Waals surface area (Å²) >= 11 is 0. The van der Waals surface area contributed by atoms with E-state index in [9.17, 15) is 5.26 Å². The highest BCUT2D eigenvalue weighted by atomic mass is 15.3. The Kier molecular flexibility index (Phi) is 4.27. The van der Waals surface area contributed by atoms with Gasteiger partial charge in [-0.15, -0.1) is 5.10 Å². The number of aryl methyl sites for hydroxylation is 1. The number of aromatic nitrogens is 4. The van der Waals surface area contributed by atoms with Crippen LogP contribution in [0.3, 0.4) is 0 Å². The van der Waals surface area contributed by atoms with Crippen LogP contribution >= 0.6 is 0 Å². The molecule has 0 radical (unpaired) electrons. The van der Waals surface area contributed by atoms with Gasteiger partial charge in [0.2, 0.25) is 0 Å². The molecule has 1 aliphatic rings. The predicted molar refractivity (Wildman–Crippen MR) is 99.8 cm³/mol. The van der Waals surface area contributed by atoms with E-state index in [1.807, 2.05) is 38.1 Å². The normalized spacial score (nSPS) is 15.3. The van der Waals surface area contributed by atoms with Gasteiger partial charge in [-0.25, -0.2) is 4.98 Å². The monoisotopic (exact) mass is 347 g/mol. The molecule has 1 N–H and O–H groups in total. The van der Waals surface area contributed by atoms with Crippen molar-refractivity contribution in [3.63, 3.8) is 0 Å². The van der Waals surface area contributed by atoms with Crippen molar-refractivity contribution in [2.75, 3.05) is 31.1 Å². The van der Waals surface area contributed by atoms with Gasteiger partial charge in [-0.2, -0.15) is 10.4 Å². The second-order valence-corrected chi connectivity index (χ2v) is 6.68. The van der Waals surface area contributed by atoms with Gasteiger partial charge in [0.1, 0.15) is 17.5 Å². The summed E-state index contributed by atoms with van der Waals surface area (Å²) in [6.07, 6.45) is 0. The quantitative estimate of drug-likeness (QED) is 0.781. The Labute approximate surface area is 152 Å². The van der Waals surface area contributed by atoms with E-state index in [1.54, 1.807) is 0 Å². The van der Waals surface area contributed by atoms with Gasteiger partial charge in [-0.05, 0) is 31.5 Å². The van der Waals surface area contributed by atoms with Crippen LogP contribution in [0.5, 0.6) is 0 Å². The fourth-order valence-corrected chi connectivity index (χ4v) is 3.36. The third-order valence-corrected chi connectivity index (χ3v) is 5.03. The van der Waals surface area contributed by atoms with Gasteiger partial charge in [0.15, 0.2) is 5.82 Å². The maximum atomic E-state index is 9.50. The largest absolute Gasteiger partial charge is 0.351 e. The van der Waals surface area contributed by atoms with E-state index in [1.165, 1.54) is 0 Å². The highest BCUT2D eigenvalue weighted by Crippen LogP contribution is 2.22. The summed E-state index contributed by atoms with van der Waals surface area (Å²) in [5.41, 5.74) is 4.45. The van der Waals surface area contributed by atoms with Gasteiger partial charge in [-0.3, -0.25) is 4.90 Å². The van der Waals surface area contributed by atoms with Crippen LogP contribution in [0.25, 0.3) is 11.0 Å². The highest BCUT2D eigenvalue weighted by Gasteiger charge is 2.23. The van der Waals surface area contributed by atoms with Crippen molar-refractivity contribution < 1.29 is 0 Å². The number of para-hydroxylation sites is 2. The first-order valence-corrected chi connectivity index (χ1v) is 8.80. The van der Waals surface area contributed by atoms with Crippen LogP contribution in [0.2, 0.25) is 0 Å². The first-order chi connectivity index (χ1) is 12.7. The number of benzene rings is 1. The van der Waals surface area contributed by atoms with Crippen LogP contribution in [-0.2, 0) is 6.54 Å². The summed E-state index contributed by atoms with van der Waals surface area (Å²) in [7, 11) is 0. The molecule has 2 aromatic heterocycles. The Morgan fingerprint density at radius 1 is 1.12 bits per heavy atom. The van der Waals surface area contributed by atoms with E-state index >= 15 is 0 Å². The molecule has 4 rings (SSSR count). The summed E-state index contributed by atoms with van der Waals surface area (Å²) in [6.45, 7) is 8.07. The number of hydrogen-bond acceptors (Lipinski definition) is 6. The summed E-state index contributed by atoms with van der Waals surface area (Å²) in [6, 6.07) is 10.4. The van der Waals surface area contributed by atoms with Crippen LogP contribution in [0, 0.1) is 25.2 Å². The van der Waals surface area contributed by atoms with Gasteiger partial charge in [-0.1, -0.05) is 12.1 Å². The Morgan fingerprint density at radius 3 is 2.62 bits per heavy atom. The number of aromatic amines is 1. The van der Waals surface area contributed by atoms with Gasteiger partial charge < -0.3 is 9.88 Å². The fraction of sp³-hybridized carbons (Fsp3) is 0.368. The van der Waals surface area contributed by atoms with Crippen molar-refractivity contribution in [2.45, 2.75) is 20.4 Å². The number of rotatable bonds is 3. The number of imidazole rings is 1. The summed E-state index contributed by atoms with van der Waals surface area (Å²) in [5, 5.41) is 18.0. The molecule has 0 amide bonds. The number of anilines is 1. The Balaban J connectivity index is 1.44. The molecule has 0 unspecified atom stereocenters. The van der Waals surface area contributed by atoms with Crippen molar-refractivity contribution in [1.82, 2.24) is 25.1 Å². The van der Waals surface area contributed by atoms with Crippen LogP contribution in [0.4, 0.5) is 5.82 Å². The lowest BCUT2D eigenvalue weighted by Gasteiger charge is -2.35. The van der Waals surface area contributed by atoms with E-state index in [0.717, 1.165) is 60.8 Å². The maximum Gasteiger partial charge on any atom is 0.169 e. The molecule has 1 fully saturated rings. The number of piperazine rings is 1. The van der Waals surface area contributed by atoms with Crippen LogP contribution in [-0.4, -0.2) is 51.2 Å². The summed E-state index contributed by atoms with van der Waals surface area (Å²) in [4.78, 5) is 12.6. The minimum Gasteiger partial charge on any atom is -0.351 e. The molecule has 7 heteroatoms. The number of H-pyrrole nitrogens is 1. The zero-order valence-corrected chi connectivity index (χ0v) is 15.0. The zero-order chi connectivity index (χ0) is 18.1. The average molecular weight is 347 g/mol. The lowest BCUT2D eigenvalue weighted by Crippen LogP contribution is -2.46. The van der Waals surface area contributed by atoms with Gasteiger partial charge >= 0.3 is 0 Å². The van der Waals surface area contributed by atoms with Gasteiger partial charge in [0, 0.05) is 26.2 Å². The molecule has 0 bridgehead atoms. The van der Waals surface area contributed by atoms with E-state index < -0.39 is 0 Å². The lowest BCUT2D eigenvalue weighted by molar-refractivity contribution is 0.244. The molecule has 0 aliphatic carbocycles. The lowest BCUT2D eigenvalue weighted by atomic mass is 10.1. The standard InChI is InChI=1S/C19H21N7/c1-13-14(2)23-24-19(15(13)11-20)26-9-7-25(8-10-26)12-18-21-16-5-3-4-6-17(16)22-18/h3-6H,7-10,12H2,1-2H3,(H,21,22). The molecule has 1 aliphatic heterocycles. The summed E-state index contributed by atoms with van der Waals surface area (Å²) in [5.74, 6) is 1.70. The SMILES string of the molecule is Cc1nnc(N2CCN(Cc3nc4ccccc4[nH]3)CC2)c(C#N)c1C. The third-order valence-electron chi connectivity index (χ3n) is 5.03. The van der Waals surface area contributed by atoms with E-state index in [2.05, 4.69) is 36.0 Å². The molecule has 0 spiro atoms. The van der Waals surface area contributed by atoms with E-state index in [4.69, 9.17) is 0 Å². The van der Waals surface area contributed by atoms with Crippen molar-refractivity contribution in [3.05, 3.63) is 46.9 Å². The van der Waals surface area contributed by atoms with Crippen LogP contribution < -0.4 is 4.90 Å². The number of nitrogens with one attached hydrogen (secondary N) is 1. The molecule has 132 valence electrons. The summed E-state index contributed by atoms with van der Waals surface area (Å²) < 4.78 is 0. The molecule has 3 heterocycles. The molecule has 3 aromatic rings. The molecule has 7 nitrogen and oxygen atoms in total. The second kappa shape index (κ2) is 6.73. The van der Waals surface area contributed by atoms with Crippen LogP contribution in [0.1, 0.15) is 22.6 Å². The first kappa shape index (κ1) is 16.5. The topological polar surface area (TPSA) is 84.7 Å². The minimum absolute atomic E-state index is 0.642. The molecular formula is C19H21N7. The first-order valence-electron chi connectivity index (χ1n) is 8.80. The molecule has 1 saturated heterocycles. The maximum absolute atomic E-state index is 9.50. The average Bonchev–Trinajstić information content (AvgIpc) is 3.07. The molecule has 0 saturated carbocycles. The molecule has 26 heavy (non-hydrogen) atoms. The van der Waals surface area contributed by atoms with Crippen LogP contribution in [0.15, 0.2) is 24.3 Å². The van der Waals surface area contributed by atoms with Crippen molar-refractivity contribution >= 4 is 16.9 Å². The Morgan fingerprint density at radius 2 is 1.88 bits per heavy atom. The smallest absolute Gasteiger partial charge is 0.169 e. The zero-order valence-electron chi connectivity index (χ0n) is 15.0. The molecular weight excluding hydrogens is 326 g/mol. The number of fused-ring (bicyclic) bond motifs is 1. The van der Waals surface area contributed by atoms with Gasteiger partial charge in [0.05, 0.1) is 23.3 Å². The van der Waals surface area contributed by atoms with Crippen molar-refractivity contribution in [3.8, 4) is 6.07 Å². The Bertz CT molecular complexity index is 944. The van der Waals surface area contributed by atoms with E-state index in [-0.39, 0.29) is 0 Å². The van der Waals surface area contributed by atoms with E-state index in [0.29, 0.717) is 11.4 Å². The molecule has 1 aromatic carbocycles.